The molecule has 4 rings (SSSR count). The Balaban J connectivity index is 1.78. The molecule has 0 radical (unpaired) electrons. The first-order valence-corrected chi connectivity index (χ1v) is 11.5. The number of rotatable bonds is 7. The van der Waals surface area contributed by atoms with E-state index in [2.05, 4.69) is 10.3 Å². The maximum atomic E-state index is 13.8. The van der Waals surface area contributed by atoms with Crippen LogP contribution in [0, 0.1) is 5.82 Å². The lowest BCUT2D eigenvalue weighted by molar-refractivity contribution is -0.120. The van der Waals surface area contributed by atoms with Gasteiger partial charge < -0.3 is 20.3 Å². The highest BCUT2D eigenvalue weighted by molar-refractivity contribution is 6.21. The lowest BCUT2D eigenvalue weighted by Crippen LogP contribution is -2.22. The van der Waals surface area contributed by atoms with E-state index in [1.54, 1.807) is 44.4 Å². The van der Waals surface area contributed by atoms with Crippen LogP contribution in [0.1, 0.15) is 30.0 Å². The second-order valence-electron chi connectivity index (χ2n) is 8.46. The highest BCUT2D eigenvalue weighted by Gasteiger charge is 2.19. The average molecular weight is 487 g/mol. The summed E-state index contributed by atoms with van der Waals surface area (Å²) in [5.74, 6) is -0.652. The molecule has 0 saturated heterocycles. The van der Waals surface area contributed by atoms with Gasteiger partial charge in [-0.1, -0.05) is 24.3 Å². The van der Waals surface area contributed by atoms with Crippen molar-refractivity contribution in [2.45, 2.75) is 19.8 Å². The number of aliphatic imine (C=N–C) groups is 1. The van der Waals surface area contributed by atoms with Crippen LogP contribution < -0.4 is 10.2 Å². The van der Waals surface area contributed by atoms with Gasteiger partial charge in [0.1, 0.15) is 5.82 Å². The molecule has 184 valence electrons. The van der Waals surface area contributed by atoms with Gasteiger partial charge in [-0.2, -0.15) is 0 Å². The molecule has 1 heterocycles. The number of aryl methyl sites for hydroxylation is 1. The number of halogens is 1. The first-order valence-electron chi connectivity index (χ1n) is 11.5. The molecule has 3 N–H and O–H groups in total. The molecule has 36 heavy (non-hydrogen) atoms. The molecular formula is C28H27FN4O3. The topological polar surface area (TPSA) is 97.8 Å². The fourth-order valence-electron chi connectivity index (χ4n) is 3.93. The molecule has 0 fully saturated rings. The fraction of sp³-hybridized carbons (Fsp3) is 0.179. The number of benzene rings is 3. The van der Waals surface area contributed by atoms with Crippen molar-refractivity contribution in [3.63, 3.8) is 0 Å². The minimum atomic E-state index is -0.417. The van der Waals surface area contributed by atoms with Crippen molar-refractivity contribution in [2.75, 3.05) is 19.0 Å². The summed E-state index contributed by atoms with van der Waals surface area (Å²) in [4.78, 5) is 32.5. The zero-order valence-corrected chi connectivity index (χ0v) is 20.3. The number of H-pyrrole nitrogens is 1. The van der Waals surface area contributed by atoms with E-state index in [4.69, 9.17) is 4.99 Å². The van der Waals surface area contributed by atoms with Gasteiger partial charge in [0, 0.05) is 44.1 Å². The van der Waals surface area contributed by atoms with Crippen molar-refractivity contribution >= 4 is 39.8 Å². The quantitative estimate of drug-likeness (QED) is 0.326. The molecule has 0 atom stereocenters. The molecule has 0 unspecified atom stereocenters. The van der Waals surface area contributed by atoms with Gasteiger partial charge in [-0.3, -0.25) is 9.59 Å². The lowest BCUT2D eigenvalue weighted by atomic mass is 9.98. The van der Waals surface area contributed by atoms with Crippen LogP contribution in [0.25, 0.3) is 10.9 Å². The Morgan fingerprint density at radius 2 is 1.75 bits per heavy atom. The van der Waals surface area contributed by atoms with Crippen molar-refractivity contribution in [3.8, 4) is 5.88 Å². The number of nitrogens with one attached hydrogen (secondary N) is 2. The highest BCUT2D eigenvalue weighted by atomic mass is 19.1. The maximum Gasteiger partial charge on any atom is 0.223 e. The van der Waals surface area contributed by atoms with Crippen LogP contribution in [0.3, 0.4) is 0 Å². The number of aromatic amines is 1. The number of carbonyl (C=O) groups excluding carboxylic acids is 2. The zero-order valence-electron chi connectivity index (χ0n) is 20.3. The van der Waals surface area contributed by atoms with Crippen LogP contribution in [0.2, 0.25) is 0 Å². The molecule has 0 aliphatic rings. The van der Waals surface area contributed by atoms with Crippen LogP contribution >= 0.6 is 0 Å². The van der Waals surface area contributed by atoms with Crippen molar-refractivity contribution in [1.29, 1.82) is 0 Å². The van der Waals surface area contributed by atoms with Crippen molar-refractivity contribution in [3.05, 3.63) is 89.2 Å². The summed E-state index contributed by atoms with van der Waals surface area (Å²) in [5, 5.41) is 14.0. The molecule has 8 heteroatoms. The smallest absolute Gasteiger partial charge is 0.223 e. The van der Waals surface area contributed by atoms with E-state index in [1.165, 1.54) is 24.0 Å². The summed E-state index contributed by atoms with van der Waals surface area (Å²) in [6.45, 7) is 1.49. The van der Waals surface area contributed by atoms with Gasteiger partial charge in [-0.25, -0.2) is 9.38 Å². The average Bonchev–Trinajstić information content (AvgIpc) is 3.20. The normalized spacial score (nSPS) is 11.5. The number of carbonyl (C=O) groups is 2. The van der Waals surface area contributed by atoms with Crippen LogP contribution in [-0.4, -0.2) is 41.7 Å². The Labute approximate surface area is 208 Å². The third-order valence-electron chi connectivity index (χ3n) is 6.07. The Hall–Kier alpha value is -4.46. The molecule has 4 aromatic rings. The van der Waals surface area contributed by atoms with Gasteiger partial charge in [-0.05, 0) is 54.4 Å². The molecule has 0 spiro atoms. The summed E-state index contributed by atoms with van der Waals surface area (Å²) < 4.78 is 13.8. The molecule has 7 nitrogen and oxygen atoms in total. The van der Waals surface area contributed by atoms with Gasteiger partial charge in [-0.15, -0.1) is 0 Å². The van der Waals surface area contributed by atoms with Crippen molar-refractivity contribution in [1.82, 2.24) is 10.3 Å². The SMILES string of the molecule is CNC(=O)CCc1ccc(C(=Nc2ccc(N(C)C(C)=O)cc2)c2c(O)[nH]c3cc(F)ccc23)cc1. The van der Waals surface area contributed by atoms with Crippen LogP contribution in [-0.2, 0) is 16.0 Å². The number of amides is 2. The van der Waals surface area contributed by atoms with E-state index >= 15 is 0 Å². The zero-order chi connectivity index (χ0) is 25.8. The number of fused-ring (bicyclic) bond motifs is 1. The predicted molar refractivity (Wildman–Crippen MR) is 140 cm³/mol. The number of anilines is 1. The number of hydrogen-bond acceptors (Lipinski definition) is 4. The number of hydrogen-bond donors (Lipinski definition) is 3. The van der Waals surface area contributed by atoms with Crippen molar-refractivity contribution in [2.24, 2.45) is 4.99 Å². The van der Waals surface area contributed by atoms with Gasteiger partial charge in [0.15, 0.2) is 5.88 Å². The first-order chi connectivity index (χ1) is 17.3. The van der Waals surface area contributed by atoms with Crippen LogP contribution in [0.5, 0.6) is 5.88 Å². The first kappa shape index (κ1) is 24.7. The summed E-state index contributed by atoms with van der Waals surface area (Å²) in [5.41, 5.74) is 4.48. The predicted octanol–water partition coefficient (Wildman–Crippen LogP) is 4.84. The fourth-order valence-corrected chi connectivity index (χ4v) is 3.93. The molecule has 0 bridgehead atoms. The van der Waals surface area contributed by atoms with Gasteiger partial charge >= 0.3 is 0 Å². The molecule has 0 aliphatic carbocycles. The Morgan fingerprint density at radius 1 is 1.06 bits per heavy atom. The Morgan fingerprint density at radius 3 is 2.39 bits per heavy atom. The van der Waals surface area contributed by atoms with Gasteiger partial charge in [0.2, 0.25) is 11.8 Å². The van der Waals surface area contributed by atoms with E-state index in [9.17, 15) is 19.1 Å². The van der Waals surface area contributed by atoms with E-state index in [0.29, 0.717) is 40.7 Å². The molecule has 0 aliphatic heterocycles. The summed E-state index contributed by atoms with van der Waals surface area (Å²) in [6.07, 6.45) is 0.974. The summed E-state index contributed by atoms with van der Waals surface area (Å²) >= 11 is 0. The van der Waals surface area contributed by atoms with E-state index in [1.807, 2.05) is 24.3 Å². The van der Waals surface area contributed by atoms with Crippen LogP contribution in [0.15, 0.2) is 71.7 Å². The van der Waals surface area contributed by atoms with Crippen molar-refractivity contribution < 1.29 is 19.1 Å². The van der Waals surface area contributed by atoms with Gasteiger partial charge in [0.25, 0.3) is 0 Å². The van der Waals surface area contributed by atoms with Crippen LogP contribution in [0.4, 0.5) is 15.8 Å². The second-order valence-corrected chi connectivity index (χ2v) is 8.46. The van der Waals surface area contributed by atoms with E-state index < -0.39 is 5.82 Å². The number of aromatic nitrogens is 1. The highest BCUT2D eigenvalue weighted by Crippen LogP contribution is 2.32. The third kappa shape index (κ3) is 5.27. The minimum Gasteiger partial charge on any atom is -0.494 e. The van der Waals surface area contributed by atoms with E-state index in [0.717, 1.165) is 16.8 Å². The third-order valence-corrected chi connectivity index (χ3v) is 6.07. The number of nitrogens with zero attached hydrogens (tertiary/aromatic N) is 2. The van der Waals surface area contributed by atoms with Gasteiger partial charge in [0.05, 0.1) is 22.5 Å². The number of aromatic hydroxyl groups is 1. The largest absolute Gasteiger partial charge is 0.494 e. The molecule has 3 aromatic carbocycles. The standard InChI is InChI=1S/C28H27FN4O3/c1-17(34)33(3)22-12-10-21(11-13-22)31-27(19-7-4-18(5-8-19)6-15-25(35)30-2)26-23-14-9-20(29)16-24(23)32-28(26)36/h4-5,7-14,16,32,36H,6,15H2,1-3H3,(H,30,35). The monoisotopic (exact) mass is 486 g/mol. The Kier molecular flexibility index (Phi) is 7.15. The molecule has 1 aromatic heterocycles. The Bertz CT molecular complexity index is 1440. The molecule has 2 amide bonds. The summed E-state index contributed by atoms with van der Waals surface area (Å²) in [7, 11) is 3.30. The minimum absolute atomic E-state index is 0.0314. The molecular weight excluding hydrogens is 459 g/mol. The molecule has 0 saturated carbocycles. The second kappa shape index (κ2) is 10.4. The van der Waals surface area contributed by atoms with E-state index in [-0.39, 0.29) is 17.7 Å². The lowest BCUT2D eigenvalue weighted by Gasteiger charge is -2.15. The maximum absolute atomic E-state index is 13.8. The summed E-state index contributed by atoms with van der Waals surface area (Å²) in [6, 6.07) is 19.1.